The Morgan fingerprint density at radius 3 is 2.12 bits per heavy atom. The van der Waals surface area contributed by atoms with Gasteiger partial charge in [0, 0.05) is 0 Å². The van der Waals surface area contributed by atoms with Crippen molar-refractivity contribution in [1.29, 1.82) is 0 Å². The number of hydrogen-bond donors (Lipinski definition) is 2. The fraction of sp³-hybridized carbons (Fsp3) is 0.143. The predicted molar refractivity (Wildman–Crippen MR) is 78.2 cm³/mol. The van der Waals surface area contributed by atoms with Crippen LogP contribution in [0.5, 0.6) is 11.5 Å². The van der Waals surface area contributed by atoms with Gasteiger partial charge in [-0.3, -0.25) is 0 Å². The van der Waals surface area contributed by atoms with Crippen LogP contribution in [0.4, 0.5) is 0 Å². The van der Waals surface area contributed by atoms with Crippen LogP contribution in [0.25, 0.3) is 10.8 Å². The van der Waals surface area contributed by atoms with Gasteiger partial charge >= 0.3 is 41.5 Å². The number of carboxylic acids is 2. The molecule has 0 unspecified atom stereocenters. The van der Waals surface area contributed by atoms with Crippen LogP contribution < -0.4 is 39.0 Å². The number of carbonyl (C=O) groups is 2. The second-order valence-corrected chi connectivity index (χ2v) is 5.97. The fourth-order valence-corrected chi connectivity index (χ4v) is 2.55. The van der Waals surface area contributed by atoms with E-state index in [9.17, 15) is 22.6 Å². The van der Waals surface area contributed by atoms with Crippen LogP contribution in [0.1, 0.15) is 0 Å². The van der Waals surface area contributed by atoms with Crippen LogP contribution in [0.15, 0.2) is 35.2 Å². The van der Waals surface area contributed by atoms with E-state index in [0.717, 1.165) is 6.07 Å². The molecule has 0 radical (unpaired) electrons. The van der Waals surface area contributed by atoms with E-state index < -0.39 is 40.2 Å². The van der Waals surface area contributed by atoms with Gasteiger partial charge in [-0.15, -0.1) is 0 Å². The third kappa shape index (κ3) is 5.87. The van der Waals surface area contributed by atoms with Gasteiger partial charge in [-0.05, 0) is 35.0 Å². The molecule has 0 saturated heterocycles. The monoisotopic (exact) mass is 378 g/mol. The molecule has 9 nitrogen and oxygen atoms in total. The zero-order valence-corrected chi connectivity index (χ0v) is 15.8. The molecule has 0 saturated carbocycles. The number of rotatable bonds is 7. The first kappa shape index (κ1) is 21.2. The van der Waals surface area contributed by atoms with Gasteiger partial charge in [0.2, 0.25) is 0 Å². The first-order valence-corrected chi connectivity index (χ1v) is 7.80. The Morgan fingerprint density at radius 1 is 0.960 bits per heavy atom. The third-order valence-corrected chi connectivity index (χ3v) is 3.71. The maximum absolute atomic E-state index is 11.4. The summed E-state index contributed by atoms with van der Waals surface area (Å²) < 4.78 is 43.9. The van der Waals surface area contributed by atoms with Gasteiger partial charge in [0.05, 0.1) is 4.90 Å². The molecule has 0 aliphatic rings. The zero-order valence-electron chi connectivity index (χ0n) is 13.0. The summed E-state index contributed by atoms with van der Waals surface area (Å²) in [5.41, 5.74) is 0. The maximum atomic E-state index is 11.4. The van der Waals surface area contributed by atoms with Crippen molar-refractivity contribution >= 4 is 32.8 Å². The molecule has 11 heteroatoms. The van der Waals surface area contributed by atoms with E-state index in [1.165, 1.54) is 24.3 Å². The second-order valence-electron chi connectivity index (χ2n) is 4.63. The topological polar surface area (TPSA) is 150 Å². The first-order chi connectivity index (χ1) is 11.2. The minimum Gasteiger partial charge on any atom is -0.744 e. The van der Waals surface area contributed by atoms with Crippen LogP contribution >= 0.6 is 0 Å². The van der Waals surface area contributed by atoms with E-state index in [1.54, 1.807) is 0 Å². The molecule has 2 N–H and O–H groups in total. The standard InChI is InChI=1S/C14H12O9S.Na/c15-13(16)6-22-10-2-1-8-4-11(23-7-14(17)18)12(24(19,20)21)5-9(8)3-10;/h1-5H,6-7H2,(H,15,16)(H,17,18)(H,19,20,21);/q;+1/p-1. The Kier molecular flexibility index (Phi) is 7.20. The molecule has 0 aliphatic carbocycles. The van der Waals surface area contributed by atoms with Gasteiger partial charge in [-0.25, -0.2) is 18.0 Å². The summed E-state index contributed by atoms with van der Waals surface area (Å²) in [6.45, 7) is -1.40. The van der Waals surface area contributed by atoms with E-state index in [1.807, 2.05) is 0 Å². The number of aliphatic carboxylic acids is 2. The fourth-order valence-electron chi connectivity index (χ4n) is 1.92. The summed E-state index contributed by atoms with van der Waals surface area (Å²) >= 11 is 0. The Labute approximate surface area is 164 Å². The molecule has 0 spiro atoms. The molecule has 25 heavy (non-hydrogen) atoms. The first-order valence-electron chi connectivity index (χ1n) is 6.40. The van der Waals surface area contributed by atoms with Crippen LogP contribution in [0.3, 0.4) is 0 Å². The Hall–Kier alpha value is -1.85. The number of carboxylic acid groups (broad SMARTS) is 2. The summed E-state index contributed by atoms with van der Waals surface area (Å²) in [4.78, 5) is 20.3. The van der Waals surface area contributed by atoms with Crippen molar-refractivity contribution < 1.29 is 71.8 Å². The number of fused-ring (bicyclic) bond motifs is 1. The normalized spacial score (nSPS) is 10.8. The smallest absolute Gasteiger partial charge is 0.744 e. The van der Waals surface area contributed by atoms with Crippen LogP contribution in [-0.4, -0.2) is 48.3 Å². The Morgan fingerprint density at radius 2 is 1.56 bits per heavy atom. The van der Waals surface area contributed by atoms with E-state index in [2.05, 4.69) is 0 Å². The summed E-state index contributed by atoms with van der Waals surface area (Å²) in [6.07, 6.45) is 0. The predicted octanol–water partition coefficient (Wildman–Crippen LogP) is -2.33. The minimum atomic E-state index is -4.91. The van der Waals surface area contributed by atoms with E-state index >= 15 is 0 Å². The quantitative estimate of drug-likeness (QED) is 0.399. The van der Waals surface area contributed by atoms with Crippen molar-refractivity contribution in [1.82, 2.24) is 0 Å². The molecule has 0 heterocycles. The van der Waals surface area contributed by atoms with Crippen LogP contribution in [0, 0.1) is 0 Å². The summed E-state index contributed by atoms with van der Waals surface area (Å²) in [7, 11) is -4.91. The average molecular weight is 378 g/mol. The Balaban J connectivity index is 0.00000312. The van der Waals surface area contributed by atoms with Crippen molar-refractivity contribution in [2.75, 3.05) is 13.2 Å². The summed E-state index contributed by atoms with van der Waals surface area (Å²) in [6, 6.07) is 6.51. The maximum Gasteiger partial charge on any atom is 1.00 e. The SMILES string of the molecule is O=C(O)COc1ccc2cc(OCC(=O)O)c(S(=O)(=O)[O-])cc2c1.[Na+]. The van der Waals surface area contributed by atoms with Gasteiger partial charge in [-0.2, -0.15) is 0 Å². The van der Waals surface area contributed by atoms with E-state index in [4.69, 9.17) is 19.7 Å². The van der Waals surface area contributed by atoms with Crippen molar-refractivity contribution in [2.45, 2.75) is 4.90 Å². The Bertz CT molecular complexity index is 908. The molecular formula is C14H11NaO9S. The molecular weight excluding hydrogens is 367 g/mol. The number of hydrogen-bond acceptors (Lipinski definition) is 7. The molecule has 0 aromatic heterocycles. The van der Waals surface area contributed by atoms with Crippen molar-refractivity contribution in [3.05, 3.63) is 30.3 Å². The third-order valence-electron chi connectivity index (χ3n) is 2.86. The van der Waals surface area contributed by atoms with Gasteiger partial charge in [0.25, 0.3) is 0 Å². The summed E-state index contributed by atoms with van der Waals surface area (Å²) in [5.74, 6) is -2.73. The molecule has 2 aromatic rings. The molecule has 0 aliphatic heterocycles. The van der Waals surface area contributed by atoms with Gasteiger partial charge < -0.3 is 24.2 Å². The second kappa shape index (κ2) is 8.50. The van der Waals surface area contributed by atoms with Crippen LogP contribution in [0.2, 0.25) is 0 Å². The van der Waals surface area contributed by atoms with E-state index in [-0.39, 0.29) is 46.4 Å². The molecule has 0 bridgehead atoms. The molecule has 0 fully saturated rings. The zero-order chi connectivity index (χ0) is 17.9. The van der Waals surface area contributed by atoms with Gasteiger partial charge in [0.1, 0.15) is 21.6 Å². The molecule has 2 rings (SSSR count). The van der Waals surface area contributed by atoms with Crippen molar-refractivity contribution in [3.8, 4) is 11.5 Å². The summed E-state index contributed by atoms with van der Waals surface area (Å²) in [5, 5.41) is 17.9. The van der Waals surface area contributed by atoms with Gasteiger partial charge in [-0.1, -0.05) is 6.07 Å². The van der Waals surface area contributed by atoms with Crippen LogP contribution in [-0.2, 0) is 19.7 Å². The minimum absolute atomic E-state index is 0. The van der Waals surface area contributed by atoms with Crippen molar-refractivity contribution in [3.63, 3.8) is 0 Å². The number of benzene rings is 2. The molecule has 0 atom stereocenters. The van der Waals surface area contributed by atoms with Crippen molar-refractivity contribution in [2.24, 2.45) is 0 Å². The molecule has 2 aromatic carbocycles. The largest absolute Gasteiger partial charge is 1.00 e. The number of ether oxygens (including phenoxy) is 2. The molecule has 0 amide bonds. The van der Waals surface area contributed by atoms with E-state index in [0.29, 0.717) is 5.39 Å². The van der Waals surface area contributed by atoms with Gasteiger partial charge in [0.15, 0.2) is 13.2 Å². The molecule has 128 valence electrons. The average Bonchev–Trinajstić information content (AvgIpc) is 2.48.